The molecular formula is C22H19FN4O3. The number of hydrogen-bond donors (Lipinski definition) is 3. The van der Waals surface area contributed by atoms with Gasteiger partial charge in [0.25, 0.3) is 0 Å². The molecular weight excluding hydrogens is 387 g/mol. The van der Waals surface area contributed by atoms with Gasteiger partial charge in [0.1, 0.15) is 5.82 Å². The quantitative estimate of drug-likeness (QED) is 0.599. The van der Waals surface area contributed by atoms with Crippen LogP contribution in [0, 0.1) is 5.82 Å². The summed E-state index contributed by atoms with van der Waals surface area (Å²) >= 11 is 0. The number of primary amides is 1. The van der Waals surface area contributed by atoms with Gasteiger partial charge in [0, 0.05) is 17.8 Å². The van der Waals surface area contributed by atoms with Crippen LogP contribution in [0.15, 0.2) is 48.7 Å². The van der Waals surface area contributed by atoms with E-state index in [9.17, 15) is 19.1 Å². The zero-order valence-corrected chi connectivity index (χ0v) is 15.9. The van der Waals surface area contributed by atoms with Crippen molar-refractivity contribution in [2.45, 2.75) is 25.3 Å². The summed E-state index contributed by atoms with van der Waals surface area (Å²) in [5.74, 6) is -1.85. The third-order valence-electron chi connectivity index (χ3n) is 5.23. The van der Waals surface area contributed by atoms with Crippen LogP contribution in [-0.4, -0.2) is 33.0 Å². The van der Waals surface area contributed by atoms with Gasteiger partial charge in [-0.1, -0.05) is 6.07 Å². The number of carboxylic acid groups (broad SMARTS) is 1. The van der Waals surface area contributed by atoms with Gasteiger partial charge in [-0.25, -0.2) is 19.2 Å². The number of carbonyl (C=O) groups is 2. The second-order valence-corrected chi connectivity index (χ2v) is 7.15. The molecule has 1 heterocycles. The number of aryl methyl sites for hydroxylation is 1. The molecule has 0 saturated heterocycles. The maximum absolute atomic E-state index is 13.2. The minimum absolute atomic E-state index is 0.0625. The number of anilines is 1. The number of benzene rings is 2. The van der Waals surface area contributed by atoms with Gasteiger partial charge >= 0.3 is 5.97 Å². The first-order valence-corrected chi connectivity index (χ1v) is 9.45. The van der Waals surface area contributed by atoms with Crippen LogP contribution in [0.25, 0.3) is 11.3 Å². The molecule has 0 aliphatic heterocycles. The summed E-state index contributed by atoms with van der Waals surface area (Å²) < 4.78 is 13.2. The van der Waals surface area contributed by atoms with Gasteiger partial charge < -0.3 is 16.2 Å². The SMILES string of the molecule is NC(=O)c1c(C(=O)O)ccc2c1CC(Nc1nccc(-c3ccc(F)cc3)n1)CC2. The van der Waals surface area contributed by atoms with E-state index in [-0.39, 0.29) is 23.0 Å². The second-order valence-electron chi connectivity index (χ2n) is 7.15. The van der Waals surface area contributed by atoms with Gasteiger partial charge in [-0.2, -0.15) is 0 Å². The van der Waals surface area contributed by atoms with Crippen molar-refractivity contribution in [3.05, 3.63) is 76.7 Å². The minimum Gasteiger partial charge on any atom is -0.478 e. The molecule has 30 heavy (non-hydrogen) atoms. The van der Waals surface area contributed by atoms with Gasteiger partial charge in [-0.05, 0) is 66.8 Å². The Balaban J connectivity index is 1.59. The van der Waals surface area contributed by atoms with Crippen LogP contribution >= 0.6 is 0 Å². The van der Waals surface area contributed by atoms with Crippen molar-refractivity contribution >= 4 is 17.8 Å². The molecule has 3 aromatic rings. The highest BCUT2D eigenvalue weighted by atomic mass is 19.1. The number of hydrogen-bond acceptors (Lipinski definition) is 5. The summed E-state index contributed by atoms with van der Waals surface area (Å²) in [6.07, 6.45) is 3.48. The van der Waals surface area contributed by atoms with Crippen molar-refractivity contribution in [3.8, 4) is 11.3 Å². The van der Waals surface area contributed by atoms with E-state index in [0.29, 0.717) is 30.0 Å². The Bertz CT molecular complexity index is 1130. The largest absolute Gasteiger partial charge is 0.478 e. The Morgan fingerprint density at radius 1 is 1.13 bits per heavy atom. The summed E-state index contributed by atoms with van der Waals surface area (Å²) in [7, 11) is 0. The predicted molar refractivity (Wildman–Crippen MR) is 109 cm³/mol. The van der Waals surface area contributed by atoms with Crippen molar-refractivity contribution in [2.75, 3.05) is 5.32 Å². The smallest absolute Gasteiger partial charge is 0.336 e. The molecule has 2 aromatic carbocycles. The van der Waals surface area contributed by atoms with Crippen LogP contribution in [0.2, 0.25) is 0 Å². The molecule has 1 unspecified atom stereocenters. The molecule has 1 aliphatic rings. The van der Waals surface area contributed by atoms with Crippen molar-refractivity contribution < 1.29 is 19.1 Å². The lowest BCUT2D eigenvalue weighted by Gasteiger charge is -2.27. The molecule has 0 spiro atoms. The maximum Gasteiger partial charge on any atom is 0.336 e. The first-order valence-electron chi connectivity index (χ1n) is 9.45. The maximum atomic E-state index is 13.2. The minimum atomic E-state index is -1.18. The number of fused-ring (bicyclic) bond motifs is 1. The van der Waals surface area contributed by atoms with Crippen molar-refractivity contribution in [3.63, 3.8) is 0 Å². The van der Waals surface area contributed by atoms with E-state index in [1.165, 1.54) is 18.2 Å². The average molecular weight is 406 g/mol. The van der Waals surface area contributed by atoms with E-state index in [4.69, 9.17) is 5.73 Å². The molecule has 4 rings (SSSR count). The van der Waals surface area contributed by atoms with Gasteiger partial charge in [-0.15, -0.1) is 0 Å². The highest BCUT2D eigenvalue weighted by Gasteiger charge is 2.27. The van der Waals surface area contributed by atoms with Crippen LogP contribution < -0.4 is 11.1 Å². The lowest BCUT2D eigenvalue weighted by molar-refractivity contribution is 0.0691. The molecule has 0 saturated carbocycles. The van der Waals surface area contributed by atoms with E-state index in [1.54, 1.807) is 30.5 Å². The number of aromatic carboxylic acids is 1. The number of nitrogens with one attached hydrogen (secondary N) is 1. The Labute approximate surface area is 171 Å². The fraction of sp³-hybridized carbons (Fsp3) is 0.182. The fourth-order valence-corrected chi connectivity index (χ4v) is 3.81. The Morgan fingerprint density at radius 2 is 1.90 bits per heavy atom. The van der Waals surface area contributed by atoms with Crippen molar-refractivity contribution in [2.24, 2.45) is 5.73 Å². The highest BCUT2D eigenvalue weighted by Crippen LogP contribution is 2.29. The van der Waals surface area contributed by atoms with Gasteiger partial charge in [0.05, 0.1) is 16.8 Å². The number of nitrogens with two attached hydrogens (primary N) is 1. The van der Waals surface area contributed by atoms with Crippen LogP contribution in [0.5, 0.6) is 0 Å². The van der Waals surface area contributed by atoms with Gasteiger partial charge in [0.15, 0.2) is 0 Å². The normalized spacial score (nSPS) is 15.3. The number of aromatic nitrogens is 2. The Kier molecular flexibility index (Phi) is 5.14. The number of halogens is 1. The Morgan fingerprint density at radius 3 is 2.60 bits per heavy atom. The number of nitrogens with zero attached hydrogens (tertiary/aromatic N) is 2. The number of carbonyl (C=O) groups excluding carboxylic acids is 1. The molecule has 1 amide bonds. The molecule has 8 heteroatoms. The lowest BCUT2D eigenvalue weighted by atomic mass is 9.83. The summed E-state index contributed by atoms with van der Waals surface area (Å²) in [6, 6.07) is 10.8. The molecule has 0 fully saturated rings. The first-order chi connectivity index (χ1) is 14.4. The van der Waals surface area contributed by atoms with E-state index in [2.05, 4.69) is 15.3 Å². The summed E-state index contributed by atoms with van der Waals surface area (Å²) in [4.78, 5) is 32.2. The molecule has 0 bridgehead atoms. The molecule has 152 valence electrons. The lowest BCUT2D eigenvalue weighted by Crippen LogP contribution is -2.31. The van der Waals surface area contributed by atoms with Gasteiger partial charge in [-0.3, -0.25) is 4.79 Å². The second kappa shape index (κ2) is 7.90. The molecule has 1 aromatic heterocycles. The van der Waals surface area contributed by atoms with E-state index >= 15 is 0 Å². The zero-order valence-electron chi connectivity index (χ0n) is 15.9. The average Bonchev–Trinajstić information content (AvgIpc) is 2.73. The molecule has 0 radical (unpaired) electrons. The molecule has 1 aliphatic carbocycles. The Hall–Kier alpha value is -3.81. The number of amides is 1. The number of carboxylic acids is 1. The third-order valence-corrected chi connectivity index (χ3v) is 5.23. The topological polar surface area (TPSA) is 118 Å². The van der Waals surface area contributed by atoms with E-state index in [1.807, 2.05) is 0 Å². The summed E-state index contributed by atoms with van der Waals surface area (Å²) in [5, 5.41) is 12.7. The summed E-state index contributed by atoms with van der Waals surface area (Å²) in [6.45, 7) is 0. The van der Waals surface area contributed by atoms with Crippen LogP contribution in [-0.2, 0) is 12.8 Å². The standard InChI is InChI=1S/C22H19FN4O3/c23-14-5-1-13(2-6-14)18-9-10-25-22(27-18)26-15-7-3-12-4-8-16(21(29)30)19(20(24)28)17(12)11-15/h1-2,4-6,8-10,15H,3,7,11H2,(H2,24,28)(H,29,30)(H,25,26,27). The fourth-order valence-electron chi connectivity index (χ4n) is 3.81. The molecule has 7 nitrogen and oxygen atoms in total. The van der Waals surface area contributed by atoms with Crippen LogP contribution in [0.4, 0.5) is 10.3 Å². The third kappa shape index (κ3) is 3.84. The van der Waals surface area contributed by atoms with Gasteiger partial charge in [0.2, 0.25) is 11.9 Å². The molecule has 4 N–H and O–H groups in total. The number of rotatable bonds is 5. The van der Waals surface area contributed by atoms with Crippen LogP contribution in [0.1, 0.15) is 38.3 Å². The zero-order chi connectivity index (χ0) is 21.3. The van der Waals surface area contributed by atoms with Crippen molar-refractivity contribution in [1.29, 1.82) is 0 Å². The van der Waals surface area contributed by atoms with E-state index < -0.39 is 11.9 Å². The van der Waals surface area contributed by atoms with Crippen molar-refractivity contribution in [1.82, 2.24) is 9.97 Å². The van der Waals surface area contributed by atoms with Crippen LogP contribution in [0.3, 0.4) is 0 Å². The first kappa shape index (κ1) is 19.5. The molecule has 1 atom stereocenters. The van der Waals surface area contributed by atoms with E-state index in [0.717, 1.165) is 17.5 Å². The monoisotopic (exact) mass is 406 g/mol. The summed E-state index contributed by atoms with van der Waals surface area (Å²) in [5.41, 5.74) is 8.46. The highest BCUT2D eigenvalue weighted by molar-refractivity contribution is 6.05. The predicted octanol–water partition coefficient (Wildman–Crippen LogP) is 3.05.